The van der Waals surface area contributed by atoms with Crippen molar-refractivity contribution in [2.75, 3.05) is 19.8 Å². The van der Waals surface area contributed by atoms with Crippen LogP contribution in [0, 0.1) is 0 Å². The van der Waals surface area contributed by atoms with E-state index in [4.69, 9.17) is 56.9 Å². The van der Waals surface area contributed by atoms with Crippen molar-refractivity contribution in [3.63, 3.8) is 0 Å². The normalized spacial score (nSPS) is 36.5. The Labute approximate surface area is 292 Å². The summed E-state index contributed by atoms with van der Waals surface area (Å²) in [6.07, 6.45) is -2.12. The van der Waals surface area contributed by atoms with Gasteiger partial charge in [0.25, 0.3) is 5.56 Å². The molecular formula is C27H33FN8O10P2S2. The quantitative estimate of drug-likeness (QED) is 0.209. The van der Waals surface area contributed by atoms with E-state index < -0.39 is 81.4 Å². The number of nitrogens with two attached hydrogens (primary N) is 1. The maximum absolute atomic E-state index is 16.1. The van der Waals surface area contributed by atoms with Gasteiger partial charge in [0.15, 0.2) is 29.8 Å². The van der Waals surface area contributed by atoms with Crippen LogP contribution in [0.15, 0.2) is 30.0 Å². The highest BCUT2D eigenvalue weighted by Gasteiger charge is 2.53. The fraction of sp³-hybridized carbons (Fsp3) is 0.593. The number of aliphatic hydroxyl groups is 1. The highest BCUT2D eigenvalue weighted by Crippen LogP contribution is 2.54. The zero-order chi connectivity index (χ0) is 34.9. The molecule has 0 aromatic carbocycles. The smallest absolute Gasteiger partial charge is 0.325 e. The van der Waals surface area contributed by atoms with Crippen LogP contribution in [0.1, 0.15) is 36.6 Å². The Kier molecular flexibility index (Phi) is 9.30. The maximum atomic E-state index is 16.1. The molecule has 7 heterocycles. The lowest BCUT2D eigenvalue weighted by atomic mass is 10.1. The minimum absolute atomic E-state index is 0.0354. The van der Waals surface area contributed by atoms with Gasteiger partial charge in [-0.15, -0.1) is 0 Å². The third-order valence-corrected chi connectivity index (χ3v) is 12.4. The molecule has 4 aromatic rings. The molecule has 3 aliphatic heterocycles. The minimum Gasteiger partial charge on any atom is -0.386 e. The minimum atomic E-state index is -4.28. The summed E-state index contributed by atoms with van der Waals surface area (Å²) in [5, 5.41) is 12.5. The summed E-state index contributed by atoms with van der Waals surface area (Å²) in [7, 11) is 0. The van der Waals surface area contributed by atoms with E-state index in [1.54, 1.807) is 4.57 Å². The number of aryl methyl sites for hydroxylation is 2. The molecule has 2 unspecified atom stereocenters. The van der Waals surface area contributed by atoms with Crippen LogP contribution in [0.3, 0.4) is 0 Å². The first-order valence-electron chi connectivity index (χ1n) is 15.8. The maximum Gasteiger partial charge on any atom is 0.325 e. The number of ether oxygens (including phenoxy) is 2. The summed E-state index contributed by atoms with van der Waals surface area (Å²) in [5.74, 6) is 0. The average molecular weight is 775 g/mol. The van der Waals surface area contributed by atoms with Crippen molar-refractivity contribution in [1.82, 2.24) is 33.6 Å². The van der Waals surface area contributed by atoms with Crippen molar-refractivity contribution in [2.45, 2.75) is 81.4 Å². The van der Waals surface area contributed by atoms with Gasteiger partial charge in [-0.2, -0.15) is 0 Å². The Hall–Kier alpha value is -2.20. The largest absolute Gasteiger partial charge is 0.386 e. The number of hydrogen-bond donors (Lipinski definition) is 4. The Morgan fingerprint density at radius 3 is 2.42 bits per heavy atom. The van der Waals surface area contributed by atoms with E-state index in [2.05, 4.69) is 19.9 Å². The van der Waals surface area contributed by atoms with Crippen molar-refractivity contribution in [3.05, 3.63) is 46.8 Å². The number of hydrogen-bond acceptors (Lipinski definition) is 15. The second kappa shape index (κ2) is 13.3. The van der Waals surface area contributed by atoms with Crippen LogP contribution < -0.4 is 11.3 Å². The van der Waals surface area contributed by atoms with E-state index in [0.29, 0.717) is 5.65 Å². The molecule has 5 N–H and O–H groups in total. The molecule has 0 radical (unpaired) electrons. The van der Waals surface area contributed by atoms with Crippen LogP contribution in [0.5, 0.6) is 0 Å². The molecule has 0 saturated carbocycles. The molecule has 1 aliphatic carbocycles. The average Bonchev–Trinajstić information content (AvgIpc) is 3.78. The molecule has 8 rings (SSSR count). The van der Waals surface area contributed by atoms with Gasteiger partial charge in [0.05, 0.1) is 25.2 Å². The first-order valence-corrected chi connectivity index (χ1v) is 21.0. The summed E-state index contributed by atoms with van der Waals surface area (Å²) in [5.41, 5.74) is 7.58. The molecule has 23 heteroatoms. The molecule has 10 atom stereocenters. The zero-order valence-electron chi connectivity index (χ0n) is 26.1. The fourth-order valence-corrected chi connectivity index (χ4v) is 9.77. The topological polar surface area (TPSA) is 226 Å². The number of fused-ring (bicyclic) bond motifs is 4. The van der Waals surface area contributed by atoms with E-state index in [1.165, 1.54) is 28.1 Å². The van der Waals surface area contributed by atoms with E-state index in [9.17, 15) is 19.7 Å². The molecule has 3 fully saturated rings. The molecule has 3 saturated heterocycles. The molecule has 0 spiro atoms. The van der Waals surface area contributed by atoms with Gasteiger partial charge in [0.1, 0.15) is 48.8 Å². The number of imidazole rings is 1. The molecule has 2 bridgehead atoms. The molecule has 4 aromatic heterocycles. The molecule has 50 heavy (non-hydrogen) atoms. The van der Waals surface area contributed by atoms with Gasteiger partial charge in [0, 0.05) is 24.7 Å². The Morgan fingerprint density at radius 2 is 1.64 bits per heavy atom. The molecule has 270 valence electrons. The van der Waals surface area contributed by atoms with Crippen molar-refractivity contribution in [3.8, 4) is 0 Å². The fourth-order valence-electron chi connectivity index (χ4n) is 6.92. The van der Waals surface area contributed by atoms with Crippen molar-refractivity contribution >= 4 is 59.2 Å². The third-order valence-electron chi connectivity index (χ3n) is 9.23. The monoisotopic (exact) mass is 774 g/mol. The van der Waals surface area contributed by atoms with Gasteiger partial charge in [-0.25, -0.2) is 24.3 Å². The highest BCUT2D eigenvalue weighted by atomic mass is 32.5. The Morgan fingerprint density at radius 1 is 0.920 bits per heavy atom. The van der Waals surface area contributed by atoms with E-state index in [1.807, 2.05) is 6.20 Å². The number of nitrogens with zero attached hydrogens (tertiary/aromatic N) is 7. The lowest BCUT2D eigenvalue weighted by Gasteiger charge is -2.28. The van der Waals surface area contributed by atoms with Gasteiger partial charge in [0.2, 0.25) is 0 Å². The molecule has 4 aliphatic rings. The summed E-state index contributed by atoms with van der Waals surface area (Å²) in [6, 6.07) is 0. The molecular weight excluding hydrogens is 741 g/mol. The predicted octanol–water partition coefficient (Wildman–Crippen LogP) is 0.620. The SMILES string of the molecule is NCCn1cnc2c(ncn2[C@@H]2O[C@@H]3COP(O)(=S)O[C@H]4[C@@H](O)[C@H](n5cc6c7c(ncnc75)CCCC6)O[C@@H]4COP(O)(=S)O[C@@H]2[C@@H]3F)c1=O. The van der Waals surface area contributed by atoms with Crippen LogP contribution in [-0.4, -0.2) is 105 Å². The van der Waals surface area contributed by atoms with Crippen molar-refractivity contribution < 1.29 is 46.9 Å². The van der Waals surface area contributed by atoms with Crippen LogP contribution in [0.2, 0.25) is 0 Å². The van der Waals surface area contributed by atoms with Crippen molar-refractivity contribution in [1.29, 1.82) is 0 Å². The van der Waals surface area contributed by atoms with E-state index in [0.717, 1.165) is 42.3 Å². The Bertz CT molecular complexity index is 2100. The van der Waals surface area contributed by atoms with E-state index in [-0.39, 0.29) is 24.3 Å². The van der Waals surface area contributed by atoms with Crippen molar-refractivity contribution in [2.24, 2.45) is 5.73 Å². The van der Waals surface area contributed by atoms with Crippen LogP contribution in [0.4, 0.5) is 4.39 Å². The van der Waals surface area contributed by atoms with Crippen LogP contribution in [-0.2, 0) is 70.6 Å². The summed E-state index contributed by atoms with van der Waals surface area (Å²) >= 11 is 10.6. The summed E-state index contributed by atoms with van der Waals surface area (Å²) in [6.45, 7) is -9.23. The lowest BCUT2D eigenvalue weighted by molar-refractivity contribution is -0.0604. The second-order valence-electron chi connectivity index (χ2n) is 12.4. The third kappa shape index (κ3) is 6.20. The van der Waals surface area contributed by atoms with E-state index >= 15 is 4.39 Å². The predicted molar refractivity (Wildman–Crippen MR) is 178 cm³/mol. The first-order chi connectivity index (χ1) is 23.9. The summed E-state index contributed by atoms with van der Waals surface area (Å²) in [4.78, 5) is 52.7. The van der Waals surface area contributed by atoms with Gasteiger partial charge < -0.3 is 43.7 Å². The number of halogens is 1. The molecule has 18 nitrogen and oxygen atoms in total. The van der Waals surface area contributed by atoms with Gasteiger partial charge in [-0.1, -0.05) is 0 Å². The standard InChI is InChI=1S/C27H33FN8O10P2S2/c28-18-15-8-41-47(39,49)45-21-16(44-26(20(21)37)35-7-13-3-1-2-4-14-17(13)23(35)31-10-30-14)9-42-48(40,50)46-22(18)27(43-15)36-12-32-19-24(36)33-11-34(6-5-29)25(19)38/h7,10-12,15-16,18,20-22,26-27,37H,1-6,8-9,29H2,(H,39,49)(H,40,50)/t15-,16-,18-,20-,21-,22-,26-,27-,47?,48?/m1/s1. The number of aromatic nitrogens is 7. The van der Waals surface area contributed by atoms with Crippen LogP contribution in [0.25, 0.3) is 22.2 Å². The molecule has 0 amide bonds. The van der Waals surface area contributed by atoms with Crippen LogP contribution >= 0.6 is 13.4 Å². The highest BCUT2D eigenvalue weighted by molar-refractivity contribution is 8.07. The van der Waals surface area contributed by atoms with Gasteiger partial charge in [-0.3, -0.25) is 23.0 Å². The second-order valence-corrected chi connectivity index (χ2v) is 18.0. The zero-order valence-corrected chi connectivity index (χ0v) is 29.5. The number of alkyl halides is 1. The van der Waals surface area contributed by atoms with Gasteiger partial charge in [-0.05, 0) is 54.9 Å². The Balaban J connectivity index is 1.10. The number of aliphatic hydroxyl groups excluding tert-OH is 1. The lowest BCUT2D eigenvalue weighted by Crippen LogP contribution is -2.36. The summed E-state index contributed by atoms with van der Waals surface area (Å²) < 4.78 is 55.3. The van der Waals surface area contributed by atoms with Gasteiger partial charge >= 0.3 is 13.4 Å². The first kappa shape index (κ1) is 34.9. The number of rotatable bonds is 4.